The smallest absolute Gasteiger partial charge is 0.254 e. The molecule has 0 bridgehead atoms. The summed E-state index contributed by atoms with van der Waals surface area (Å²) in [7, 11) is 0. The summed E-state index contributed by atoms with van der Waals surface area (Å²) in [5.41, 5.74) is 0.222. The third-order valence-corrected chi connectivity index (χ3v) is 6.39. The van der Waals surface area contributed by atoms with Crippen molar-refractivity contribution in [3.8, 4) is 0 Å². The quantitative estimate of drug-likeness (QED) is 0.452. The molecule has 0 radical (unpaired) electrons. The molecule has 2 aliphatic rings. The number of carbonyl (C=O) groups excluding carboxylic acids is 2. The normalized spacial score (nSPS) is 27.4. The number of β-amino-alcohol motifs (C(OH)–C–C–N with tert-alkyl or cyclic N) is 1. The van der Waals surface area contributed by atoms with E-state index in [-0.39, 0.29) is 56.2 Å². The Bertz CT molecular complexity index is 796. The summed E-state index contributed by atoms with van der Waals surface area (Å²) in [4.78, 5) is 29.4. The van der Waals surface area contributed by atoms with Crippen LogP contribution in [0.2, 0.25) is 0 Å². The van der Waals surface area contributed by atoms with Crippen LogP contribution in [-0.4, -0.2) is 107 Å². The van der Waals surface area contributed by atoms with E-state index in [9.17, 15) is 29.3 Å². The molecule has 2 saturated heterocycles. The number of aliphatic hydroxyl groups excluding tert-OH is 3. The van der Waals surface area contributed by atoms with Crippen LogP contribution in [0.3, 0.4) is 0 Å². The predicted molar refractivity (Wildman–Crippen MR) is 130 cm³/mol. The Morgan fingerprint density at radius 2 is 1.66 bits per heavy atom. The third-order valence-electron chi connectivity index (χ3n) is 6.39. The van der Waals surface area contributed by atoms with Gasteiger partial charge in [0.1, 0.15) is 24.1 Å². The van der Waals surface area contributed by atoms with Gasteiger partial charge in [0.15, 0.2) is 0 Å². The number of ether oxygens (including phenoxy) is 1. The lowest BCUT2D eigenvalue weighted by Gasteiger charge is -2.34. The molecule has 35 heavy (non-hydrogen) atoms. The van der Waals surface area contributed by atoms with Crippen LogP contribution in [0.5, 0.6) is 0 Å². The Kier molecular flexibility index (Phi) is 12.3. The molecule has 4 atom stereocenters. The van der Waals surface area contributed by atoms with Crippen LogP contribution >= 0.6 is 12.4 Å². The summed E-state index contributed by atoms with van der Waals surface area (Å²) in [5, 5.41) is 34.3. The maximum Gasteiger partial charge on any atom is 0.254 e. The Hall–Kier alpha value is -1.82. The number of halogens is 2. The van der Waals surface area contributed by atoms with Crippen molar-refractivity contribution in [2.45, 2.75) is 56.5 Å². The Morgan fingerprint density at radius 3 is 2.34 bits per heavy atom. The highest BCUT2D eigenvalue weighted by molar-refractivity contribution is 5.94. The van der Waals surface area contributed by atoms with Crippen LogP contribution in [0.4, 0.5) is 4.39 Å². The van der Waals surface area contributed by atoms with Gasteiger partial charge in [-0.15, -0.1) is 12.4 Å². The average Bonchev–Trinajstić information content (AvgIpc) is 2.85. The van der Waals surface area contributed by atoms with E-state index < -0.39 is 30.0 Å². The van der Waals surface area contributed by atoms with Crippen LogP contribution in [0, 0.1) is 5.82 Å². The van der Waals surface area contributed by atoms with Crippen molar-refractivity contribution < 1.29 is 34.0 Å². The molecular weight excluding hydrogens is 481 g/mol. The van der Waals surface area contributed by atoms with Gasteiger partial charge in [0.25, 0.3) is 5.91 Å². The van der Waals surface area contributed by atoms with Gasteiger partial charge in [-0.3, -0.25) is 9.59 Å². The third kappa shape index (κ3) is 8.66. The van der Waals surface area contributed by atoms with Crippen molar-refractivity contribution in [1.82, 2.24) is 15.1 Å². The molecule has 1 aromatic carbocycles. The fraction of sp³-hybridized carbons (Fsp3) is 0.667. The minimum absolute atomic E-state index is 0. The van der Waals surface area contributed by atoms with E-state index in [4.69, 9.17) is 4.74 Å². The van der Waals surface area contributed by atoms with Crippen molar-refractivity contribution in [3.05, 3.63) is 35.6 Å². The number of rotatable bonds is 2. The van der Waals surface area contributed by atoms with Crippen molar-refractivity contribution >= 4 is 24.2 Å². The second-order valence-corrected chi connectivity index (χ2v) is 8.99. The SMILES string of the molecule is Cl.O=C(c1ccc(F)cc1)N1CCN(C(=O)[C@@H]2CCCCN2)CCCCOC[C@@H](O)[C@H](O)[C@@H](O)C1. The second kappa shape index (κ2) is 14.7. The monoisotopic (exact) mass is 517 g/mol. The van der Waals surface area contributed by atoms with Gasteiger partial charge in [-0.1, -0.05) is 6.42 Å². The van der Waals surface area contributed by atoms with Gasteiger partial charge in [0.2, 0.25) is 5.91 Å². The van der Waals surface area contributed by atoms with E-state index in [1.165, 1.54) is 29.2 Å². The largest absolute Gasteiger partial charge is 0.388 e. The Morgan fingerprint density at radius 1 is 0.943 bits per heavy atom. The van der Waals surface area contributed by atoms with E-state index >= 15 is 0 Å². The van der Waals surface area contributed by atoms with Crippen LogP contribution in [0.25, 0.3) is 0 Å². The lowest BCUT2D eigenvalue weighted by molar-refractivity contribution is -0.134. The van der Waals surface area contributed by atoms with E-state index in [0.717, 1.165) is 25.8 Å². The number of nitrogens with zero attached hydrogens (tertiary/aromatic N) is 2. The zero-order valence-electron chi connectivity index (χ0n) is 19.9. The first-order chi connectivity index (χ1) is 16.4. The number of hydrogen-bond donors (Lipinski definition) is 4. The summed E-state index contributed by atoms with van der Waals surface area (Å²) in [6.45, 7) is 1.59. The number of piperidine rings is 1. The molecule has 0 unspecified atom stereocenters. The highest BCUT2D eigenvalue weighted by Crippen LogP contribution is 2.14. The number of hydrogen-bond acceptors (Lipinski definition) is 7. The molecule has 2 amide bonds. The summed E-state index contributed by atoms with van der Waals surface area (Å²) in [6, 6.07) is 4.79. The highest BCUT2D eigenvalue weighted by atomic mass is 35.5. The topological polar surface area (TPSA) is 123 Å². The second-order valence-electron chi connectivity index (χ2n) is 8.99. The molecule has 4 N–H and O–H groups in total. The number of amides is 2. The number of benzene rings is 1. The van der Waals surface area contributed by atoms with E-state index in [0.29, 0.717) is 26.0 Å². The summed E-state index contributed by atoms with van der Waals surface area (Å²) in [6.07, 6.45) is -0.141. The number of carbonyl (C=O) groups is 2. The molecule has 0 aromatic heterocycles. The maximum absolute atomic E-state index is 13.4. The summed E-state index contributed by atoms with van der Waals surface area (Å²) in [5.74, 6) is -0.960. The average molecular weight is 518 g/mol. The van der Waals surface area contributed by atoms with E-state index in [1.807, 2.05) is 0 Å². The molecule has 0 spiro atoms. The Balaban J connectivity index is 0.00000432. The number of nitrogens with one attached hydrogen (secondary N) is 1. The van der Waals surface area contributed by atoms with Gasteiger partial charge in [-0.25, -0.2) is 4.39 Å². The molecule has 11 heteroatoms. The molecule has 1 aromatic rings. The first kappa shape index (κ1) is 29.4. The van der Waals surface area contributed by atoms with E-state index in [1.54, 1.807) is 4.90 Å². The zero-order valence-corrected chi connectivity index (χ0v) is 20.7. The summed E-state index contributed by atoms with van der Waals surface area (Å²) < 4.78 is 18.8. The molecule has 2 fully saturated rings. The lowest BCUT2D eigenvalue weighted by Crippen LogP contribution is -2.52. The molecule has 2 heterocycles. The molecule has 198 valence electrons. The lowest BCUT2D eigenvalue weighted by atomic mass is 10.0. The van der Waals surface area contributed by atoms with Gasteiger partial charge < -0.3 is 35.2 Å². The fourth-order valence-electron chi connectivity index (χ4n) is 4.31. The Labute approximate surface area is 211 Å². The van der Waals surface area contributed by atoms with Crippen LogP contribution in [0.15, 0.2) is 24.3 Å². The van der Waals surface area contributed by atoms with Crippen LogP contribution in [-0.2, 0) is 9.53 Å². The van der Waals surface area contributed by atoms with Gasteiger partial charge in [0, 0.05) is 38.3 Å². The minimum atomic E-state index is -1.52. The van der Waals surface area contributed by atoms with E-state index in [2.05, 4.69) is 5.32 Å². The van der Waals surface area contributed by atoms with Gasteiger partial charge in [-0.2, -0.15) is 0 Å². The van der Waals surface area contributed by atoms with Crippen molar-refractivity contribution in [2.75, 3.05) is 45.9 Å². The first-order valence-electron chi connectivity index (χ1n) is 12.1. The van der Waals surface area contributed by atoms with Crippen molar-refractivity contribution in [2.24, 2.45) is 0 Å². The van der Waals surface area contributed by atoms with Gasteiger partial charge in [0.05, 0.1) is 12.6 Å². The van der Waals surface area contributed by atoms with Gasteiger partial charge in [-0.05, 0) is 56.5 Å². The maximum atomic E-state index is 13.4. The standard InChI is InChI=1S/C24H36FN3O6.ClH/c25-18-8-6-17(7-9-18)23(32)28-13-12-27(24(33)19-5-1-2-10-26-19)11-3-4-14-34-16-21(30)22(31)20(29)15-28;/h6-9,19-22,26,29-31H,1-5,10-16H2;1H/t19-,20-,21+,22+;/m0./s1. The van der Waals surface area contributed by atoms with Gasteiger partial charge >= 0.3 is 0 Å². The molecule has 0 aliphatic carbocycles. The number of aliphatic hydroxyl groups is 3. The van der Waals surface area contributed by atoms with Crippen LogP contribution in [0.1, 0.15) is 42.5 Å². The molecule has 9 nitrogen and oxygen atoms in total. The highest BCUT2D eigenvalue weighted by Gasteiger charge is 2.31. The molecule has 3 rings (SSSR count). The minimum Gasteiger partial charge on any atom is -0.388 e. The summed E-state index contributed by atoms with van der Waals surface area (Å²) >= 11 is 0. The van der Waals surface area contributed by atoms with Crippen molar-refractivity contribution in [3.63, 3.8) is 0 Å². The zero-order chi connectivity index (χ0) is 24.5. The molecular formula is C24H37ClFN3O6. The van der Waals surface area contributed by atoms with Crippen LogP contribution < -0.4 is 5.32 Å². The van der Waals surface area contributed by atoms with Crippen molar-refractivity contribution in [1.29, 1.82) is 0 Å². The fourth-order valence-corrected chi connectivity index (χ4v) is 4.31. The predicted octanol–water partition coefficient (Wildman–Crippen LogP) is 0.554. The first-order valence-corrected chi connectivity index (χ1v) is 12.1. The molecule has 0 saturated carbocycles. The molecule has 2 aliphatic heterocycles.